The van der Waals surface area contributed by atoms with E-state index in [4.69, 9.17) is 11.6 Å². The highest BCUT2D eigenvalue weighted by molar-refractivity contribution is 7.89. The van der Waals surface area contributed by atoms with Crippen molar-refractivity contribution < 1.29 is 8.42 Å². The summed E-state index contributed by atoms with van der Waals surface area (Å²) in [4.78, 5) is 11.2. The Labute approximate surface area is 209 Å². The van der Waals surface area contributed by atoms with Crippen LogP contribution in [-0.2, 0) is 10.0 Å². The predicted octanol–water partition coefficient (Wildman–Crippen LogP) is 3.66. The minimum absolute atomic E-state index is 0.135. The summed E-state index contributed by atoms with van der Waals surface area (Å²) in [5, 5.41) is 7.83. The SMILES string of the molecule is CN1CCN(S(=O)(=O)c2cc(Cl)cc(Nc3nccc(-c4ccnn4-c4ccccc4)n3)c2)CC1. The van der Waals surface area contributed by atoms with Gasteiger partial charge in [0.15, 0.2) is 0 Å². The highest BCUT2D eigenvalue weighted by atomic mass is 35.5. The third-order valence-corrected chi connectivity index (χ3v) is 7.88. The van der Waals surface area contributed by atoms with Gasteiger partial charge in [0.25, 0.3) is 0 Å². The molecule has 9 nitrogen and oxygen atoms in total. The van der Waals surface area contributed by atoms with E-state index in [1.165, 1.54) is 10.4 Å². The second kappa shape index (κ2) is 9.74. The molecule has 1 N–H and O–H groups in total. The van der Waals surface area contributed by atoms with E-state index in [9.17, 15) is 8.42 Å². The maximum absolute atomic E-state index is 13.2. The normalized spacial score (nSPS) is 15.3. The van der Waals surface area contributed by atoms with Crippen LogP contribution < -0.4 is 5.32 Å². The minimum atomic E-state index is -3.67. The van der Waals surface area contributed by atoms with Gasteiger partial charge < -0.3 is 10.2 Å². The van der Waals surface area contributed by atoms with Gasteiger partial charge in [-0.05, 0) is 49.5 Å². The smallest absolute Gasteiger partial charge is 0.243 e. The zero-order chi connectivity index (χ0) is 24.4. The van der Waals surface area contributed by atoms with Crippen molar-refractivity contribution in [1.82, 2.24) is 29.0 Å². The first-order valence-corrected chi connectivity index (χ1v) is 12.9. The van der Waals surface area contributed by atoms with Crippen LogP contribution in [0.25, 0.3) is 17.1 Å². The minimum Gasteiger partial charge on any atom is -0.324 e. The van der Waals surface area contributed by atoms with Crippen molar-refractivity contribution in [3.05, 3.63) is 78.1 Å². The summed E-state index contributed by atoms with van der Waals surface area (Å²) in [5.74, 6) is 0.313. The number of nitrogens with one attached hydrogen (secondary N) is 1. The topological polar surface area (TPSA) is 96.3 Å². The number of rotatable bonds is 6. The maximum Gasteiger partial charge on any atom is 0.243 e. The largest absolute Gasteiger partial charge is 0.324 e. The Morgan fingerprint density at radius 1 is 0.943 bits per heavy atom. The lowest BCUT2D eigenvalue weighted by atomic mass is 10.2. The standard InChI is InChI=1S/C24H24ClN7O2S/c1-30-11-13-31(14-12-30)35(33,34)21-16-18(25)15-19(17-21)28-24-26-9-7-22(29-24)23-8-10-27-32(23)20-5-3-2-4-6-20/h2-10,15-17H,11-14H2,1H3,(H,26,28,29). The molecule has 1 fully saturated rings. The quantitative estimate of drug-likeness (QED) is 0.423. The van der Waals surface area contributed by atoms with E-state index in [2.05, 4.69) is 25.3 Å². The van der Waals surface area contributed by atoms with Gasteiger partial charge in [-0.1, -0.05) is 29.8 Å². The Morgan fingerprint density at radius 2 is 1.71 bits per heavy atom. The number of sulfonamides is 1. The molecule has 11 heteroatoms. The first-order valence-electron chi connectivity index (χ1n) is 11.1. The number of hydrogen-bond donors (Lipinski definition) is 1. The van der Waals surface area contributed by atoms with Gasteiger partial charge in [-0.2, -0.15) is 9.40 Å². The first kappa shape index (κ1) is 23.4. The Hall–Kier alpha value is -3.31. The van der Waals surface area contributed by atoms with Crippen molar-refractivity contribution in [2.24, 2.45) is 0 Å². The van der Waals surface area contributed by atoms with Gasteiger partial charge in [-0.3, -0.25) is 0 Å². The van der Waals surface area contributed by atoms with E-state index < -0.39 is 10.0 Å². The molecule has 0 spiro atoms. The number of piperazine rings is 1. The second-order valence-electron chi connectivity index (χ2n) is 8.24. The summed E-state index contributed by atoms with van der Waals surface area (Å²) in [7, 11) is -1.69. The van der Waals surface area contributed by atoms with Crippen molar-refractivity contribution in [1.29, 1.82) is 0 Å². The van der Waals surface area contributed by atoms with Crippen LogP contribution in [0.15, 0.2) is 78.0 Å². The molecule has 1 aliphatic heterocycles. The molecule has 3 heterocycles. The van der Waals surface area contributed by atoms with Gasteiger partial charge in [0.05, 0.1) is 28.2 Å². The van der Waals surface area contributed by atoms with E-state index in [1.54, 1.807) is 35.3 Å². The molecule has 0 amide bonds. The monoisotopic (exact) mass is 509 g/mol. The lowest BCUT2D eigenvalue weighted by Crippen LogP contribution is -2.47. The number of halogens is 1. The highest BCUT2D eigenvalue weighted by Crippen LogP contribution is 2.28. The zero-order valence-corrected chi connectivity index (χ0v) is 20.6. The van der Waals surface area contributed by atoms with E-state index in [0.29, 0.717) is 48.5 Å². The molecule has 0 aliphatic carbocycles. The fourth-order valence-corrected chi connectivity index (χ4v) is 5.72. The molecule has 1 aliphatic rings. The average Bonchev–Trinajstić information content (AvgIpc) is 3.35. The van der Waals surface area contributed by atoms with Crippen LogP contribution in [0.3, 0.4) is 0 Å². The number of nitrogens with zero attached hydrogens (tertiary/aromatic N) is 6. The number of anilines is 2. The predicted molar refractivity (Wildman–Crippen MR) is 136 cm³/mol. The van der Waals surface area contributed by atoms with Gasteiger partial charge in [-0.25, -0.2) is 23.1 Å². The number of para-hydroxylation sites is 1. The lowest BCUT2D eigenvalue weighted by molar-refractivity contribution is 0.222. The molecule has 0 bridgehead atoms. The molecule has 0 radical (unpaired) electrons. The summed E-state index contributed by atoms with van der Waals surface area (Å²) in [5.41, 5.74) is 2.86. The molecule has 0 unspecified atom stereocenters. The van der Waals surface area contributed by atoms with Crippen LogP contribution >= 0.6 is 11.6 Å². The van der Waals surface area contributed by atoms with Crippen molar-refractivity contribution in [3.8, 4) is 17.1 Å². The number of aromatic nitrogens is 4. The van der Waals surface area contributed by atoms with E-state index >= 15 is 0 Å². The zero-order valence-electron chi connectivity index (χ0n) is 19.0. The summed E-state index contributed by atoms with van der Waals surface area (Å²) >= 11 is 6.30. The van der Waals surface area contributed by atoms with Gasteiger partial charge >= 0.3 is 0 Å². The molecule has 0 saturated carbocycles. The van der Waals surface area contributed by atoms with Crippen LogP contribution in [0.1, 0.15) is 0 Å². The van der Waals surface area contributed by atoms with E-state index in [-0.39, 0.29) is 4.90 Å². The Bertz CT molecular complexity index is 1440. The summed E-state index contributed by atoms with van der Waals surface area (Å²) in [6.45, 7) is 2.25. The number of benzene rings is 2. The average molecular weight is 510 g/mol. The second-order valence-corrected chi connectivity index (χ2v) is 10.6. The molecule has 1 saturated heterocycles. The molecule has 4 aromatic rings. The summed E-state index contributed by atoms with van der Waals surface area (Å²) in [6, 6.07) is 18.1. The Morgan fingerprint density at radius 3 is 2.49 bits per heavy atom. The highest BCUT2D eigenvalue weighted by Gasteiger charge is 2.28. The first-order chi connectivity index (χ1) is 16.9. The molecule has 0 atom stereocenters. The summed E-state index contributed by atoms with van der Waals surface area (Å²) in [6.07, 6.45) is 3.35. The number of hydrogen-bond acceptors (Lipinski definition) is 7. The van der Waals surface area contributed by atoms with Crippen molar-refractivity contribution in [2.75, 3.05) is 38.5 Å². The molecule has 180 valence electrons. The third kappa shape index (κ3) is 5.06. The van der Waals surface area contributed by atoms with Crippen LogP contribution in [0.4, 0.5) is 11.6 Å². The van der Waals surface area contributed by atoms with Crippen LogP contribution in [0.5, 0.6) is 0 Å². The molecular formula is C24H24ClN7O2S. The van der Waals surface area contributed by atoms with Crippen molar-refractivity contribution in [2.45, 2.75) is 4.90 Å². The van der Waals surface area contributed by atoms with Crippen LogP contribution in [-0.4, -0.2) is 70.6 Å². The van der Waals surface area contributed by atoms with E-state index in [0.717, 1.165) is 11.4 Å². The van der Waals surface area contributed by atoms with E-state index in [1.807, 2.05) is 43.4 Å². The Balaban J connectivity index is 1.42. The number of likely N-dealkylation sites (N-methyl/N-ethyl adjacent to an activating group) is 1. The Kier molecular flexibility index (Phi) is 6.52. The fourth-order valence-electron chi connectivity index (χ4n) is 3.92. The van der Waals surface area contributed by atoms with Crippen LogP contribution in [0, 0.1) is 0 Å². The van der Waals surface area contributed by atoms with Crippen molar-refractivity contribution >= 4 is 33.3 Å². The van der Waals surface area contributed by atoms with Crippen molar-refractivity contribution in [3.63, 3.8) is 0 Å². The van der Waals surface area contributed by atoms with Gasteiger partial charge in [-0.15, -0.1) is 0 Å². The molecule has 2 aromatic carbocycles. The van der Waals surface area contributed by atoms with Gasteiger partial charge in [0.2, 0.25) is 16.0 Å². The molecule has 2 aromatic heterocycles. The lowest BCUT2D eigenvalue weighted by Gasteiger charge is -2.31. The summed E-state index contributed by atoms with van der Waals surface area (Å²) < 4.78 is 29.7. The third-order valence-electron chi connectivity index (χ3n) is 5.79. The van der Waals surface area contributed by atoms with Gasteiger partial charge in [0, 0.05) is 43.1 Å². The maximum atomic E-state index is 13.2. The van der Waals surface area contributed by atoms with Crippen LogP contribution in [0.2, 0.25) is 5.02 Å². The van der Waals surface area contributed by atoms with Gasteiger partial charge in [0.1, 0.15) is 0 Å². The molecular weight excluding hydrogens is 486 g/mol. The molecule has 35 heavy (non-hydrogen) atoms. The fraction of sp³-hybridized carbons (Fsp3) is 0.208. The molecule has 5 rings (SSSR count).